The molecule has 0 saturated heterocycles. The third-order valence-electron chi connectivity index (χ3n) is 2.70. The Morgan fingerprint density at radius 3 is 2.58 bits per heavy atom. The van der Waals surface area contributed by atoms with Crippen LogP contribution in [0.4, 0.5) is 17.6 Å². The van der Waals surface area contributed by atoms with Crippen molar-refractivity contribution in [3.63, 3.8) is 0 Å². The van der Waals surface area contributed by atoms with Gasteiger partial charge in [0.25, 0.3) is 0 Å². The minimum Gasteiger partial charge on any atom is -0.481 e. The number of alkyl halides is 3. The smallest absolute Gasteiger partial charge is 0.417 e. The van der Waals surface area contributed by atoms with E-state index in [-0.39, 0.29) is 27.3 Å². The third-order valence-corrected chi connectivity index (χ3v) is 3.92. The predicted molar refractivity (Wildman–Crippen MR) is 78.3 cm³/mol. The van der Waals surface area contributed by atoms with Gasteiger partial charge in [-0.05, 0) is 13.0 Å². The Kier molecular flexibility index (Phi) is 5.29. The Hall–Kier alpha value is -1.94. The zero-order valence-corrected chi connectivity index (χ0v) is 13.4. The average molecular weight is 382 g/mol. The fourth-order valence-electron chi connectivity index (χ4n) is 1.62. The van der Waals surface area contributed by atoms with E-state index in [1.54, 1.807) is 0 Å². The van der Waals surface area contributed by atoms with Crippen molar-refractivity contribution in [3.05, 3.63) is 34.4 Å². The molecule has 0 saturated carbocycles. The van der Waals surface area contributed by atoms with Crippen molar-refractivity contribution in [1.29, 1.82) is 0 Å². The van der Waals surface area contributed by atoms with E-state index in [0.29, 0.717) is 24.0 Å². The molecule has 0 radical (unpaired) electrons. The molecule has 0 amide bonds. The van der Waals surface area contributed by atoms with Crippen LogP contribution in [0.3, 0.4) is 0 Å². The van der Waals surface area contributed by atoms with Crippen LogP contribution in [0.25, 0.3) is 11.5 Å². The van der Waals surface area contributed by atoms with Gasteiger partial charge in [-0.25, -0.2) is 14.4 Å². The molecule has 1 N–H and O–H groups in total. The fourth-order valence-corrected chi connectivity index (χ4v) is 2.56. The zero-order chi connectivity index (χ0) is 18.1. The molecule has 11 heteroatoms. The number of nitrogens with zero attached hydrogens (tertiary/aromatic N) is 3. The summed E-state index contributed by atoms with van der Waals surface area (Å²) in [6, 6.07) is 0.663. The highest BCUT2D eigenvalue weighted by atomic mass is 35.5. The van der Waals surface area contributed by atoms with Gasteiger partial charge in [0, 0.05) is 6.20 Å². The number of carboxylic acids is 1. The Morgan fingerprint density at radius 1 is 1.38 bits per heavy atom. The molecule has 2 rings (SSSR count). The number of aromatic nitrogens is 3. The highest BCUT2D eigenvalue weighted by Crippen LogP contribution is 2.34. The Bertz CT molecular complexity index is 802. The van der Waals surface area contributed by atoms with Crippen LogP contribution >= 0.6 is 23.4 Å². The first-order chi connectivity index (χ1) is 11.1. The van der Waals surface area contributed by atoms with Gasteiger partial charge in [-0.1, -0.05) is 23.4 Å². The standard InChI is InChI=1S/C13H8ClF4N3O2S/c1-5-9(15)12(24-4-8(22)23)21-11(20-5)10-7(14)2-6(3-19-10)13(16,17)18/h2-3H,4H2,1H3,(H,22,23). The van der Waals surface area contributed by atoms with Gasteiger partial charge < -0.3 is 5.11 Å². The van der Waals surface area contributed by atoms with Crippen molar-refractivity contribution < 1.29 is 27.5 Å². The number of pyridine rings is 1. The number of carbonyl (C=O) groups is 1. The Labute approximate surface area is 142 Å². The molecule has 128 valence electrons. The summed E-state index contributed by atoms with van der Waals surface area (Å²) in [6.45, 7) is 1.31. The lowest BCUT2D eigenvalue weighted by atomic mass is 10.2. The van der Waals surface area contributed by atoms with Crippen molar-refractivity contribution in [1.82, 2.24) is 15.0 Å². The van der Waals surface area contributed by atoms with Crippen LogP contribution in [0.15, 0.2) is 17.3 Å². The van der Waals surface area contributed by atoms with Crippen molar-refractivity contribution in [2.75, 3.05) is 5.75 Å². The fraction of sp³-hybridized carbons (Fsp3) is 0.231. The van der Waals surface area contributed by atoms with Gasteiger partial charge in [-0.2, -0.15) is 13.2 Å². The highest BCUT2D eigenvalue weighted by molar-refractivity contribution is 7.99. The van der Waals surface area contributed by atoms with Crippen molar-refractivity contribution in [2.45, 2.75) is 18.1 Å². The van der Waals surface area contributed by atoms with Gasteiger partial charge in [0.2, 0.25) is 0 Å². The van der Waals surface area contributed by atoms with Gasteiger partial charge in [0.15, 0.2) is 11.6 Å². The number of aliphatic carboxylic acids is 1. The van der Waals surface area contributed by atoms with E-state index < -0.39 is 29.3 Å². The number of aryl methyl sites for hydroxylation is 1. The molecule has 24 heavy (non-hydrogen) atoms. The molecule has 0 unspecified atom stereocenters. The van der Waals surface area contributed by atoms with Crippen LogP contribution in [-0.4, -0.2) is 31.8 Å². The van der Waals surface area contributed by atoms with Gasteiger partial charge in [-0.3, -0.25) is 9.78 Å². The van der Waals surface area contributed by atoms with E-state index in [4.69, 9.17) is 16.7 Å². The van der Waals surface area contributed by atoms with E-state index in [1.165, 1.54) is 6.92 Å². The summed E-state index contributed by atoms with van der Waals surface area (Å²) in [5.41, 5.74) is -1.31. The minimum atomic E-state index is -4.61. The van der Waals surface area contributed by atoms with E-state index in [9.17, 15) is 22.4 Å². The molecule has 2 aromatic heterocycles. The second-order valence-corrected chi connectivity index (χ2v) is 5.86. The average Bonchev–Trinajstić information content (AvgIpc) is 2.47. The number of halogens is 5. The molecule has 0 bridgehead atoms. The zero-order valence-electron chi connectivity index (χ0n) is 11.9. The quantitative estimate of drug-likeness (QED) is 0.492. The maximum absolute atomic E-state index is 13.9. The van der Waals surface area contributed by atoms with Crippen LogP contribution in [0.2, 0.25) is 5.02 Å². The lowest BCUT2D eigenvalue weighted by molar-refractivity contribution is -0.138. The van der Waals surface area contributed by atoms with Gasteiger partial charge in [0.1, 0.15) is 10.7 Å². The molecule has 0 atom stereocenters. The van der Waals surface area contributed by atoms with Crippen molar-refractivity contribution >= 4 is 29.3 Å². The lowest BCUT2D eigenvalue weighted by Crippen LogP contribution is -2.07. The summed E-state index contributed by atoms with van der Waals surface area (Å²) in [6.07, 6.45) is -4.05. The molecular formula is C13H8ClF4N3O2S. The summed E-state index contributed by atoms with van der Waals surface area (Å²) in [4.78, 5) is 21.8. The number of hydrogen-bond acceptors (Lipinski definition) is 5. The SMILES string of the molecule is Cc1nc(-c2ncc(C(F)(F)F)cc2Cl)nc(SCC(=O)O)c1F. The summed E-state index contributed by atoms with van der Waals surface area (Å²) in [5, 5.41) is 8.04. The molecule has 2 aromatic rings. The normalized spacial score (nSPS) is 11.6. The monoisotopic (exact) mass is 381 g/mol. The topological polar surface area (TPSA) is 76.0 Å². The maximum Gasteiger partial charge on any atom is 0.417 e. The highest BCUT2D eigenvalue weighted by Gasteiger charge is 2.32. The van der Waals surface area contributed by atoms with Crippen molar-refractivity contribution in [3.8, 4) is 11.5 Å². The molecule has 5 nitrogen and oxygen atoms in total. The molecule has 0 spiro atoms. The van der Waals surface area contributed by atoms with E-state index in [0.717, 1.165) is 0 Å². The predicted octanol–water partition coefficient (Wildman–Crippen LogP) is 3.84. The molecule has 0 fully saturated rings. The first-order valence-electron chi connectivity index (χ1n) is 6.21. The largest absolute Gasteiger partial charge is 0.481 e. The molecule has 0 aliphatic rings. The molecule has 2 heterocycles. The first kappa shape index (κ1) is 18.4. The Morgan fingerprint density at radius 2 is 2.04 bits per heavy atom. The summed E-state index contributed by atoms with van der Waals surface area (Å²) < 4.78 is 51.8. The second kappa shape index (κ2) is 6.89. The number of rotatable bonds is 4. The Balaban J connectivity index is 2.47. The van der Waals surface area contributed by atoms with E-state index in [1.807, 2.05) is 0 Å². The molecular weight excluding hydrogens is 374 g/mol. The van der Waals surface area contributed by atoms with Crippen molar-refractivity contribution in [2.24, 2.45) is 0 Å². The summed E-state index contributed by atoms with van der Waals surface area (Å²) >= 11 is 6.42. The maximum atomic E-state index is 13.9. The summed E-state index contributed by atoms with van der Waals surface area (Å²) in [5.74, 6) is -2.63. The van der Waals surface area contributed by atoms with E-state index in [2.05, 4.69) is 15.0 Å². The van der Waals surface area contributed by atoms with E-state index >= 15 is 0 Å². The molecule has 0 aliphatic heterocycles. The van der Waals surface area contributed by atoms with Gasteiger partial charge >= 0.3 is 12.1 Å². The van der Waals surface area contributed by atoms with Gasteiger partial charge in [-0.15, -0.1) is 0 Å². The van der Waals surface area contributed by atoms with Crippen LogP contribution < -0.4 is 0 Å². The minimum absolute atomic E-state index is 0.106. The van der Waals surface area contributed by atoms with Crippen LogP contribution in [0.1, 0.15) is 11.3 Å². The number of hydrogen-bond donors (Lipinski definition) is 1. The second-order valence-electron chi connectivity index (χ2n) is 4.49. The molecule has 0 aliphatic carbocycles. The first-order valence-corrected chi connectivity index (χ1v) is 7.57. The number of carboxylic acid groups (broad SMARTS) is 1. The van der Waals surface area contributed by atoms with Crippen LogP contribution in [-0.2, 0) is 11.0 Å². The summed E-state index contributed by atoms with van der Waals surface area (Å²) in [7, 11) is 0. The number of thioether (sulfide) groups is 1. The van der Waals surface area contributed by atoms with Crippen LogP contribution in [0, 0.1) is 12.7 Å². The van der Waals surface area contributed by atoms with Crippen LogP contribution in [0.5, 0.6) is 0 Å². The lowest BCUT2D eigenvalue weighted by Gasteiger charge is -2.10. The molecule has 0 aromatic carbocycles. The third kappa shape index (κ3) is 4.12. The van der Waals surface area contributed by atoms with Gasteiger partial charge in [0.05, 0.1) is 22.0 Å².